The van der Waals surface area contributed by atoms with E-state index in [0.717, 1.165) is 0 Å². The highest BCUT2D eigenvalue weighted by Gasteiger charge is 2.15. The van der Waals surface area contributed by atoms with E-state index in [0.29, 0.717) is 39.6 Å². The number of amides is 1. The number of nitrogens with zero attached hydrogens (tertiary/aromatic N) is 3. The number of carbonyl (C=O) groups is 1. The maximum absolute atomic E-state index is 12.9. The van der Waals surface area contributed by atoms with Crippen LogP contribution >= 0.6 is 0 Å². The number of benzene rings is 3. The number of hydrogen-bond donors (Lipinski definition) is 2. The van der Waals surface area contributed by atoms with Crippen molar-refractivity contribution < 1.29 is 33.3 Å². The predicted molar refractivity (Wildman–Crippen MR) is 141 cm³/mol. The summed E-state index contributed by atoms with van der Waals surface area (Å²) in [6.07, 6.45) is 1.56. The zero-order valence-corrected chi connectivity index (χ0v) is 21.3. The van der Waals surface area contributed by atoms with Crippen LogP contribution in [-0.4, -0.2) is 47.3 Å². The smallest absolute Gasteiger partial charge is 0.246 e. The summed E-state index contributed by atoms with van der Waals surface area (Å²) in [5, 5.41) is 21.6. The van der Waals surface area contributed by atoms with Gasteiger partial charge in [0.25, 0.3) is 0 Å². The van der Waals surface area contributed by atoms with Gasteiger partial charge in [0.15, 0.2) is 11.5 Å². The quantitative estimate of drug-likeness (QED) is 0.270. The van der Waals surface area contributed by atoms with Gasteiger partial charge in [0.05, 0.1) is 32.9 Å². The fraction of sp³-hybridized carbons (Fsp3) is 0.185. The van der Waals surface area contributed by atoms with Crippen LogP contribution in [0.15, 0.2) is 63.9 Å². The topological polar surface area (TPSA) is 147 Å². The van der Waals surface area contributed by atoms with Crippen LogP contribution in [0.1, 0.15) is 5.69 Å². The molecular formula is C27H24N4O8. The van der Waals surface area contributed by atoms with Crippen LogP contribution in [-0.2, 0) is 17.9 Å². The van der Waals surface area contributed by atoms with E-state index >= 15 is 0 Å². The lowest BCUT2D eigenvalue weighted by Crippen LogP contribution is -2.19. The number of nitrogens with one attached hydrogen (secondary N) is 1. The Balaban J connectivity index is 1.27. The molecule has 12 nitrogen and oxygen atoms in total. The lowest BCUT2D eigenvalue weighted by molar-refractivity contribution is -0.116. The first-order chi connectivity index (χ1) is 18.9. The third kappa shape index (κ3) is 5.25. The molecule has 0 saturated heterocycles. The Bertz CT molecular complexity index is 1740. The van der Waals surface area contributed by atoms with E-state index in [-0.39, 0.29) is 47.0 Å². The van der Waals surface area contributed by atoms with E-state index in [1.165, 1.54) is 38.1 Å². The number of aromatic hydroxyl groups is 1. The molecule has 5 rings (SSSR count). The molecule has 1 amide bonds. The standard InChI is InChI=1S/C27H24N4O8/c1-35-17-5-6-19-22(10-17)39-24-11-18(9-20(32)26(24)27(19)34)38-14-16-12-31(30-29-16)13-25(33)28-15-4-7-21(36-2)23(8-15)37-3/h4-12,32H,13-14H2,1-3H3,(H,28,33). The van der Waals surface area contributed by atoms with Gasteiger partial charge in [-0.05, 0) is 24.3 Å². The van der Waals surface area contributed by atoms with Crippen molar-refractivity contribution >= 4 is 33.5 Å². The summed E-state index contributed by atoms with van der Waals surface area (Å²) < 4.78 is 28.6. The Kier molecular flexibility index (Phi) is 6.91. The van der Waals surface area contributed by atoms with Gasteiger partial charge < -0.3 is 33.8 Å². The molecule has 0 saturated carbocycles. The first-order valence-electron chi connectivity index (χ1n) is 11.7. The summed E-state index contributed by atoms with van der Waals surface area (Å²) in [4.78, 5) is 25.4. The maximum atomic E-state index is 12.9. The Morgan fingerprint density at radius 3 is 2.54 bits per heavy atom. The van der Waals surface area contributed by atoms with E-state index in [9.17, 15) is 14.7 Å². The van der Waals surface area contributed by atoms with Gasteiger partial charge >= 0.3 is 0 Å². The first-order valence-corrected chi connectivity index (χ1v) is 11.7. The number of anilines is 1. The van der Waals surface area contributed by atoms with Gasteiger partial charge in [-0.25, -0.2) is 4.68 Å². The van der Waals surface area contributed by atoms with Crippen molar-refractivity contribution in [2.75, 3.05) is 26.6 Å². The van der Waals surface area contributed by atoms with E-state index < -0.39 is 0 Å². The van der Waals surface area contributed by atoms with Crippen LogP contribution in [0.5, 0.6) is 28.7 Å². The normalized spacial score (nSPS) is 10.9. The molecule has 200 valence electrons. The van der Waals surface area contributed by atoms with Crippen molar-refractivity contribution in [3.63, 3.8) is 0 Å². The van der Waals surface area contributed by atoms with Crippen molar-refractivity contribution in [3.05, 3.63) is 70.6 Å². The molecule has 0 spiro atoms. The van der Waals surface area contributed by atoms with Crippen LogP contribution in [0.3, 0.4) is 0 Å². The van der Waals surface area contributed by atoms with Crippen LogP contribution in [0.25, 0.3) is 21.9 Å². The van der Waals surface area contributed by atoms with E-state index in [4.69, 9.17) is 23.4 Å². The van der Waals surface area contributed by atoms with Crippen LogP contribution in [0.4, 0.5) is 5.69 Å². The van der Waals surface area contributed by atoms with Crippen molar-refractivity contribution in [3.8, 4) is 28.7 Å². The largest absolute Gasteiger partial charge is 0.507 e. The number of methoxy groups -OCH3 is 3. The molecule has 2 N–H and O–H groups in total. The third-order valence-electron chi connectivity index (χ3n) is 5.88. The SMILES string of the molecule is COc1ccc2c(=O)c3c(O)cc(OCc4cn(CC(=O)Nc5ccc(OC)c(OC)c5)nn4)cc3oc2c1. The predicted octanol–water partition coefficient (Wildman–Crippen LogP) is 3.49. The van der Waals surface area contributed by atoms with Crippen LogP contribution < -0.4 is 29.7 Å². The average molecular weight is 533 g/mol. The number of fused-ring (bicyclic) bond motifs is 2. The number of phenols is 1. The second kappa shape index (κ2) is 10.6. The zero-order chi connectivity index (χ0) is 27.5. The lowest BCUT2D eigenvalue weighted by Gasteiger charge is -2.10. The van der Waals surface area contributed by atoms with E-state index in [1.807, 2.05) is 0 Å². The highest BCUT2D eigenvalue weighted by molar-refractivity contribution is 5.94. The molecule has 0 radical (unpaired) electrons. The summed E-state index contributed by atoms with van der Waals surface area (Å²) in [7, 11) is 4.55. The molecule has 12 heteroatoms. The Labute approximate surface area is 221 Å². The molecule has 2 aromatic heterocycles. The number of rotatable bonds is 9. The minimum absolute atomic E-state index is 0.00607. The number of ether oxygens (including phenoxy) is 4. The van der Waals surface area contributed by atoms with Gasteiger partial charge in [-0.2, -0.15) is 0 Å². The third-order valence-corrected chi connectivity index (χ3v) is 5.88. The Morgan fingerprint density at radius 1 is 0.974 bits per heavy atom. The molecular weight excluding hydrogens is 508 g/mol. The Hall–Kier alpha value is -5.26. The highest BCUT2D eigenvalue weighted by Crippen LogP contribution is 2.32. The van der Waals surface area contributed by atoms with Gasteiger partial charge in [0.1, 0.15) is 52.6 Å². The van der Waals surface area contributed by atoms with Crippen molar-refractivity contribution in [1.29, 1.82) is 0 Å². The van der Waals surface area contributed by atoms with Gasteiger partial charge in [-0.1, -0.05) is 5.21 Å². The summed E-state index contributed by atoms with van der Waals surface area (Å²) in [6, 6.07) is 12.7. The molecule has 0 unspecified atom stereocenters. The molecule has 0 aliphatic carbocycles. The number of carbonyl (C=O) groups excluding carboxylic acids is 1. The van der Waals surface area contributed by atoms with Crippen molar-refractivity contribution in [1.82, 2.24) is 15.0 Å². The monoisotopic (exact) mass is 532 g/mol. The molecule has 0 aliphatic heterocycles. The second-order valence-corrected chi connectivity index (χ2v) is 8.42. The summed E-state index contributed by atoms with van der Waals surface area (Å²) >= 11 is 0. The number of hydrogen-bond acceptors (Lipinski definition) is 10. The van der Waals surface area contributed by atoms with Crippen molar-refractivity contribution in [2.45, 2.75) is 13.2 Å². The van der Waals surface area contributed by atoms with Gasteiger partial charge in [-0.15, -0.1) is 5.10 Å². The fourth-order valence-electron chi connectivity index (χ4n) is 4.02. The lowest BCUT2D eigenvalue weighted by atomic mass is 10.1. The van der Waals surface area contributed by atoms with Crippen molar-refractivity contribution in [2.24, 2.45) is 0 Å². The number of phenolic OH excluding ortho intramolecular Hbond substituents is 1. The minimum atomic E-state index is -0.368. The molecule has 0 atom stereocenters. The summed E-state index contributed by atoms with van der Waals surface area (Å²) in [6.45, 7) is -0.0896. The number of aromatic nitrogens is 3. The summed E-state index contributed by atoms with van der Waals surface area (Å²) in [5.74, 6) is 1.23. The molecule has 0 aliphatic rings. The molecule has 0 bridgehead atoms. The van der Waals surface area contributed by atoms with Crippen LogP contribution in [0.2, 0.25) is 0 Å². The highest BCUT2D eigenvalue weighted by atomic mass is 16.5. The van der Waals surface area contributed by atoms with Gasteiger partial charge in [0, 0.05) is 30.0 Å². The first kappa shape index (κ1) is 25.4. The Morgan fingerprint density at radius 2 is 1.77 bits per heavy atom. The zero-order valence-electron chi connectivity index (χ0n) is 21.3. The molecule has 2 heterocycles. The van der Waals surface area contributed by atoms with E-state index in [2.05, 4.69) is 15.6 Å². The minimum Gasteiger partial charge on any atom is -0.507 e. The van der Waals surface area contributed by atoms with E-state index in [1.54, 1.807) is 42.6 Å². The van der Waals surface area contributed by atoms with Crippen LogP contribution in [0, 0.1) is 0 Å². The second-order valence-electron chi connectivity index (χ2n) is 8.42. The maximum Gasteiger partial charge on any atom is 0.246 e. The van der Waals surface area contributed by atoms with Gasteiger partial charge in [0.2, 0.25) is 11.3 Å². The molecule has 39 heavy (non-hydrogen) atoms. The molecule has 0 fully saturated rings. The molecule has 3 aromatic carbocycles. The fourth-order valence-corrected chi connectivity index (χ4v) is 4.02. The molecule has 5 aromatic rings. The average Bonchev–Trinajstić information content (AvgIpc) is 3.38. The van der Waals surface area contributed by atoms with Gasteiger partial charge in [-0.3, -0.25) is 9.59 Å². The summed E-state index contributed by atoms with van der Waals surface area (Å²) in [5.41, 5.74) is 1.09.